The molecule has 1 aliphatic carbocycles. The van der Waals surface area contributed by atoms with Crippen LogP contribution in [0.15, 0.2) is 28.9 Å². The molecular formula is C16H14F3NO5S. The van der Waals surface area contributed by atoms with Crippen molar-refractivity contribution < 1.29 is 35.1 Å². The highest BCUT2D eigenvalue weighted by Crippen LogP contribution is 2.42. The van der Waals surface area contributed by atoms with E-state index in [0.717, 1.165) is 31.0 Å². The normalized spacial score (nSPS) is 14.8. The second-order valence-electron chi connectivity index (χ2n) is 5.88. The van der Waals surface area contributed by atoms with Crippen LogP contribution in [0.5, 0.6) is 0 Å². The Morgan fingerprint density at radius 1 is 1.27 bits per heavy atom. The lowest BCUT2D eigenvalue weighted by Gasteiger charge is -2.12. The summed E-state index contributed by atoms with van der Waals surface area (Å²) in [5.41, 5.74) is -0.634. The summed E-state index contributed by atoms with van der Waals surface area (Å²) in [5.74, 6) is 0.0188. The maximum Gasteiger partial charge on any atom is 0.416 e. The summed E-state index contributed by atoms with van der Waals surface area (Å²) in [6.07, 6.45) is -1.78. The van der Waals surface area contributed by atoms with Gasteiger partial charge in [-0.3, -0.25) is 8.98 Å². The lowest BCUT2D eigenvalue weighted by atomic mass is 9.94. The molecule has 1 aliphatic rings. The van der Waals surface area contributed by atoms with E-state index in [-0.39, 0.29) is 35.6 Å². The Morgan fingerprint density at radius 3 is 2.62 bits per heavy atom. The largest absolute Gasteiger partial charge is 0.416 e. The first-order chi connectivity index (χ1) is 12.3. The molecule has 140 valence electrons. The van der Waals surface area contributed by atoms with Crippen molar-refractivity contribution in [3.8, 4) is 0 Å². The van der Waals surface area contributed by atoms with Gasteiger partial charge in [-0.25, -0.2) is 8.42 Å². The molecule has 0 saturated heterocycles. The van der Waals surface area contributed by atoms with Crippen LogP contribution in [0.2, 0.25) is 0 Å². The van der Waals surface area contributed by atoms with E-state index in [1.165, 1.54) is 6.20 Å². The third-order valence-corrected chi connectivity index (χ3v) is 4.43. The zero-order valence-corrected chi connectivity index (χ0v) is 14.2. The molecule has 0 bridgehead atoms. The molecule has 26 heavy (non-hydrogen) atoms. The number of carbonyl (C=O) groups excluding carboxylic acids is 1. The van der Waals surface area contributed by atoms with Crippen molar-refractivity contribution in [2.24, 2.45) is 0 Å². The number of rotatable bonds is 7. The maximum absolute atomic E-state index is 13.0. The number of benzene rings is 1. The van der Waals surface area contributed by atoms with Crippen LogP contribution in [0.25, 0.3) is 0 Å². The predicted octanol–water partition coefficient (Wildman–Crippen LogP) is 2.89. The zero-order valence-electron chi connectivity index (χ0n) is 13.3. The Hall–Kier alpha value is -2.20. The minimum Gasteiger partial charge on any atom is -0.360 e. The number of nitrogens with zero attached hydrogens (tertiary/aromatic N) is 1. The van der Waals surface area contributed by atoms with Crippen LogP contribution in [0.4, 0.5) is 13.2 Å². The number of ketones is 1. The van der Waals surface area contributed by atoms with Gasteiger partial charge in [-0.05, 0) is 37.0 Å². The molecule has 1 fully saturated rings. The van der Waals surface area contributed by atoms with Gasteiger partial charge in [0.2, 0.25) is 0 Å². The fourth-order valence-corrected chi connectivity index (χ4v) is 2.87. The first kappa shape index (κ1) is 18.6. The van der Waals surface area contributed by atoms with Gasteiger partial charge in [0, 0.05) is 11.5 Å². The van der Waals surface area contributed by atoms with Crippen molar-refractivity contribution in [1.82, 2.24) is 5.16 Å². The van der Waals surface area contributed by atoms with Crippen molar-refractivity contribution in [1.29, 1.82) is 0 Å². The molecule has 1 saturated carbocycles. The second kappa shape index (κ2) is 7.20. The average Bonchev–Trinajstić information content (AvgIpc) is 3.30. The van der Waals surface area contributed by atoms with Gasteiger partial charge >= 0.3 is 6.18 Å². The predicted molar refractivity (Wildman–Crippen MR) is 83.3 cm³/mol. The molecule has 2 aromatic rings. The zero-order chi connectivity index (χ0) is 18.9. The minimum atomic E-state index is -4.59. The molecule has 0 atom stereocenters. The first-order valence-corrected chi connectivity index (χ1v) is 8.83. The van der Waals surface area contributed by atoms with Gasteiger partial charge in [0.05, 0.1) is 23.9 Å². The summed E-state index contributed by atoms with van der Waals surface area (Å²) in [6.45, 7) is -0.362. The van der Waals surface area contributed by atoms with Crippen LogP contribution in [-0.2, 0) is 27.8 Å². The summed E-state index contributed by atoms with van der Waals surface area (Å²) in [5, 5.41) is 3.62. The van der Waals surface area contributed by atoms with Gasteiger partial charge < -0.3 is 4.52 Å². The van der Waals surface area contributed by atoms with Gasteiger partial charge in [-0.15, -0.1) is 0 Å². The van der Waals surface area contributed by atoms with Crippen molar-refractivity contribution in [2.45, 2.75) is 31.4 Å². The van der Waals surface area contributed by atoms with Gasteiger partial charge in [0.1, 0.15) is 0 Å². The highest BCUT2D eigenvalue weighted by Gasteiger charge is 2.34. The second-order valence-corrected chi connectivity index (χ2v) is 6.59. The number of hydrogen-bond donors (Lipinski definition) is 1. The number of alkyl halides is 3. The van der Waals surface area contributed by atoms with Crippen LogP contribution in [-0.4, -0.2) is 26.0 Å². The van der Waals surface area contributed by atoms with Crippen LogP contribution in [0.1, 0.15) is 51.6 Å². The standard InChI is InChI=1S/C16H14F3NO5S/c17-16(18,19)11-3-4-12(10(7-11)5-6-24-26(22)23)14(21)13-8-20-25-15(13)9-1-2-9/h3-4,7-9,26H,1-2,5-6H2. The van der Waals surface area contributed by atoms with E-state index in [0.29, 0.717) is 5.76 Å². The van der Waals surface area contributed by atoms with E-state index in [1.807, 2.05) is 0 Å². The highest BCUT2D eigenvalue weighted by molar-refractivity contribution is 7.67. The Labute approximate surface area is 148 Å². The number of halogens is 3. The van der Waals surface area contributed by atoms with E-state index in [9.17, 15) is 26.4 Å². The number of thiol groups is 1. The summed E-state index contributed by atoms with van der Waals surface area (Å²) in [4.78, 5) is 12.8. The molecule has 6 nitrogen and oxygen atoms in total. The Kier molecular flexibility index (Phi) is 5.15. The van der Waals surface area contributed by atoms with Crippen LogP contribution < -0.4 is 0 Å². The van der Waals surface area contributed by atoms with Crippen LogP contribution in [0, 0.1) is 0 Å². The Balaban J connectivity index is 1.95. The quantitative estimate of drug-likeness (QED) is 0.579. The van der Waals surface area contributed by atoms with E-state index in [2.05, 4.69) is 9.34 Å². The molecule has 10 heteroatoms. The molecule has 0 amide bonds. The summed E-state index contributed by atoms with van der Waals surface area (Å²) in [7, 11) is -3.13. The fourth-order valence-electron chi connectivity index (χ4n) is 2.63. The van der Waals surface area contributed by atoms with Gasteiger partial charge in [0.15, 0.2) is 11.5 Å². The van der Waals surface area contributed by atoms with Gasteiger partial charge in [-0.2, -0.15) is 13.2 Å². The minimum absolute atomic E-state index is 0.0350. The molecule has 1 heterocycles. The van der Waals surface area contributed by atoms with Gasteiger partial charge in [0.25, 0.3) is 11.0 Å². The summed E-state index contributed by atoms with van der Waals surface area (Å²) < 4.78 is 69.4. The van der Waals surface area contributed by atoms with Crippen LogP contribution in [0.3, 0.4) is 0 Å². The van der Waals surface area contributed by atoms with Crippen molar-refractivity contribution in [2.75, 3.05) is 6.61 Å². The average molecular weight is 389 g/mol. The maximum atomic E-state index is 13.0. The summed E-state index contributed by atoms with van der Waals surface area (Å²) >= 11 is 0. The Morgan fingerprint density at radius 2 is 2.00 bits per heavy atom. The highest BCUT2D eigenvalue weighted by atomic mass is 32.2. The third kappa shape index (κ3) is 4.13. The van der Waals surface area contributed by atoms with Crippen molar-refractivity contribution in [3.63, 3.8) is 0 Å². The van der Waals surface area contributed by atoms with E-state index in [1.54, 1.807) is 0 Å². The van der Waals surface area contributed by atoms with Crippen molar-refractivity contribution >= 4 is 16.8 Å². The van der Waals surface area contributed by atoms with Crippen LogP contribution >= 0.6 is 0 Å². The topological polar surface area (TPSA) is 86.5 Å². The SMILES string of the molecule is O=C(c1ccc(C(F)(F)F)cc1CCO[SH](=O)=O)c1cnoc1C1CC1. The molecule has 1 aromatic carbocycles. The molecule has 0 spiro atoms. The van der Waals surface area contributed by atoms with Gasteiger partial charge in [-0.1, -0.05) is 11.2 Å². The fraction of sp³-hybridized carbons (Fsp3) is 0.375. The number of aromatic nitrogens is 1. The molecule has 1 aromatic heterocycles. The lowest BCUT2D eigenvalue weighted by molar-refractivity contribution is -0.137. The van der Waals surface area contributed by atoms with Crippen molar-refractivity contribution in [3.05, 3.63) is 52.4 Å². The smallest absolute Gasteiger partial charge is 0.360 e. The monoisotopic (exact) mass is 389 g/mol. The van der Waals surface area contributed by atoms with E-state index >= 15 is 0 Å². The first-order valence-electron chi connectivity index (χ1n) is 7.74. The molecule has 0 aliphatic heterocycles. The number of hydrogen-bond acceptors (Lipinski definition) is 6. The molecule has 0 radical (unpaired) electrons. The third-order valence-electron chi connectivity index (χ3n) is 4.04. The molecule has 0 N–H and O–H groups in total. The molecule has 0 unspecified atom stereocenters. The molecule has 3 rings (SSSR count). The number of carbonyl (C=O) groups is 1. The summed E-state index contributed by atoms with van der Waals surface area (Å²) in [6, 6.07) is 2.73. The van der Waals surface area contributed by atoms with E-state index < -0.39 is 28.5 Å². The lowest BCUT2D eigenvalue weighted by Crippen LogP contribution is -2.12. The molecular weight excluding hydrogens is 375 g/mol. The van der Waals surface area contributed by atoms with E-state index in [4.69, 9.17) is 4.52 Å². The Bertz CT molecular complexity index is 892.